The van der Waals surface area contributed by atoms with Crippen molar-refractivity contribution in [1.82, 2.24) is 0 Å². The molecule has 0 bridgehead atoms. The number of nitrogens with two attached hydrogens (primary N) is 1. The van der Waals surface area contributed by atoms with Gasteiger partial charge in [-0.05, 0) is 29.9 Å². The minimum absolute atomic E-state index is 0.0560. The Kier molecular flexibility index (Phi) is 4.00. The van der Waals surface area contributed by atoms with Crippen molar-refractivity contribution in [2.24, 2.45) is 11.7 Å². The minimum Gasteiger partial charge on any atom is -0.323 e. The van der Waals surface area contributed by atoms with Gasteiger partial charge < -0.3 is 5.73 Å². The molecule has 1 aromatic rings. The van der Waals surface area contributed by atoms with E-state index < -0.39 is 10.8 Å². The first-order valence-corrected chi connectivity index (χ1v) is 7.68. The predicted molar refractivity (Wildman–Crippen MR) is 73.3 cm³/mol. The van der Waals surface area contributed by atoms with Crippen LogP contribution < -0.4 is 5.73 Å². The highest BCUT2D eigenvalue weighted by molar-refractivity contribution is 7.85. The maximum atomic E-state index is 12.3. The van der Waals surface area contributed by atoms with Crippen LogP contribution in [0.15, 0.2) is 24.3 Å². The van der Waals surface area contributed by atoms with E-state index >= 15 is 0 Å². The fourth-order valence-corrected chi connectivity index (χ4v) is 4.27. The van der Waals surface area contributed by atoms with Crippen molar-refractivity contribution in [3.8, 4) is 0 Å². The van der Waals surface area contributed by atoms with Crippen molar-refractivity contribution in [1.29, 1.82) is 0 Å². The Morgan fingerprint density at radius 1 is 1.41 bits per heavy atom. The van der Waals surface area contributed by atoms with Gasteiger partial charge in [-0.15, -0.1) is 0 Å². The second-order valence-corrected chi connectivity index (χ2v) is 6.94. The van der Waals surface area contributed by atoms with Gasteiger partial charge in [0, 0.05) is 22.6 Å². The summed E-state index contributed by atoms with van der Waals surface area (Å²) >= 11 is 0. The van der Waals surface area contributed by atoms with Crippen molar-refractivity contribution in [2.75, 3.05) is 5.75 Å². The second-order valence-electron chi connectivity index (χ2n) is 5.24. The van der Waals surface area contributed by atoms with Crippen LogP contribution in [0, 0.1) is 5.92 Å². The lowest BCUT2D eigenvalue weighted by Gasteiger charge is -2.30. The smallest absolute Gasteiger partial charge is 0.0544 e. The molecule has 0 spiro atoms. The standard InChI is InChI=1S/C14H21NOS/c1-10(2)9-17(16)13-8-7-11-5-3-4-6-12(11)14(13)15/h3-6,10,13-14H,7-9,15H2,1-2H3. The van der Waals surface area contributed by atoms with Crippen molar-refractivity contribution in [3.05, 3.63) is 35.4 Å². The average Bonchev–Trinajstić information content (AvgIpc) is 2.28. The Morgan fingerprint density at radius 3 is 2.82 bits per heavy atom. The second kappa shape index (κ2) is 5.32. The molecule has 0 aromatic heterocycles. The molecule has 0 saturated heterocycles. The molecule has 1 aliphatic carbocycles. The monoisotopic (exact) mass is 251 g/mol. The lowest BCUT2D eigenvalue weighted by molar-refractivity contribution is 0.558. The predicted octanol–water partition coefficient (Wildman–Crippen LogP) is 2.41. The molecule has 3 atom stereocenters. The molecule has 0 heterocycles. The number of fused-ring (bicyclic) bond motifs is 1. The Bertz CT molecular complexity index is 416. The molecule has 3 heteroatoms. The van der Waals surface area contributed by atoms with Gasteiger partial charge in [-0.3, -0.25) is 4.21 Å². The van der Waals surface area contributed by atoms with Crippen molar-refractivity contribution in [2.45, 2.75) is 38.0 Å². The highest BCUT2D eigenvalue weighted by atomic mass is 32.2. The summed E-state index contributed by atoms with van der Waals surface area (Å²) in [4.78, 5) is 0. The molecular weight excluding hydrogens is 230 g/mol. The van der Waals surface area contributed by atoms with E-state index in [1.165, 1.54) is 11.1 Å². The van der Waals surface area contributed by atoms with E-state index in [0.29, 0.717) is 5.92 Å². The molecule has 0 radical (unpaired) electrons. The molecule has 2 N–H and O–H groups in total. The van der Waals surface area contributed by atoms with Crippen molar-refractivity contribution in [3.63, 3.8) is 0 Å². The zero-order valence-electron chi connectivity index (χ0n) is 10.6. The molecule has 2 rings (SSSR count). The molecule has 1 aromatic carbocycles. The Morgan fingerprint density at radius 2 is 2.12 bits per heavy atom. The van der Waals surface area contributed by atoms with Gasteiger partial charge in [0.15, 0.2) is 0 Å². The SMILES string of the molecule is CC(C)CS(=O)C1CCc2ccccc2C1N. The fraction of sp³-hybridized carbons (Fsp3) is 0.571. The van der Waals surface area contributed by atoms with Crippen LogP contribution in [-0.2, 0) is 17.2 Å². The van der Waals surface area contributed by atoms with Crippen LogP contribution in [0.25, 0.3) is 0 Å². The minimum atomic E-state index is -0.799. The zero-order chi connectivity index (χ0) is 12.4. The molecule has 0 fully saturated rings. The third kappa shape index (κ3) is 2.78. The molecule has 17 heavy (non-hydrogen) atoms. The molecule has 0 saturated carbocycles. The van der Waals surface area contributed by atoms with Gasteiger partial charge in [0.1, 0.15) is 0 Å². The fourth-order valence-electron chi connectivity index (χ4n) is 2.51. The van der Waals surface area contributed by atoms with Crippen LogP contribution >= 0.6 is 0 Å². The molecule has 94 valence electrons. The third-order valence-corrected chi connectivity index (χ3v) is 5.55. The van der Waals surface area contributed by atoms with Crippen LogP contribution in [0.5, 0.6) is 0 Å². The number of aryl methyl sites for hydroxylation is 1. The van der Waals surface area contributed by atoms with Crippen LogP contribution in [-0.4, -0.2) is 15.2 Å². The summed E-state index contributed by atoms with van der Waals surface area (Å²) in [5.41, 5.74) is 8.80. The molecule has 3 unspecified atom stereocenters. The zero-order valence-corrected chi connectivity index (χ0v) is 11.4. The lowest BCUT2D eigenvalue weighted by atomic mass is 9.88. The summed E-state index contributed by atoms with van der Waals surface area (Å²) < 4.78 is 12.3. The Labute approximate surface area is 106 Å². The van der Waals surface area contributed by atoms with Gasteiger partial charge in [0.05, 0.1) is 5.25 Å². The maximum absolute atomic E-state index is 12.3. The van der Waals surface area contributed by atoms with Gasteiger partial charge in [-0.2, -0.15) is 0 Å². The van der Waals surface area contributed by atoms with Gasteiger partial charge in [-0.25, -0.2) is 0 Å². The average molecular weight is 251 g/mol. The van der Waals surface area contributed by atoms with Crippen molar-refractivity contribution < 1.29 is 4.21 Å². The lowest BCUT2D eigenvalue weighted by Crippen LogP contribution is -2.36. The first-order valence-electron chi connectivity index (χ1n) is 6.30. The van der Waals surface area contributed by atoms with Gasteiger partial charge >= 0.3 is 0 Å². The van der Waals surface area contributed by atoms with E-state index in [9.17, 15) is 4.21 Å². The van der Waals surface area contributed by atoms with Crippen LogP contribution in [0.3, 0.4) is 0 Å². The van der Waals surface area contributed by atoms with Crippen LogP contribution in [0.2, 0.25) is 0 Å². The summed E-state index contributed by atoms with van der Waals surface area (Å²) in [7, 11) is -0.799. The van der Waals surface area contributed by atoms with E-state index in [-0.39, 0.29) is 11.3 Å². The van der Waals surface area contributed by atoms with Crippen molar-refractivity contribution >= 4 is 10.8 Å². The highest BCUT2D eigenvalue weighted by Crippen LogP contribution is 2.31. The molecule has 0 amide bonds. The first-order chi connectivity index (χ1) is 8.09. The quantitative estimate of drug-likeness (QED) is 0.896. The van der Waals surface area contributed by atoms with Crippen LogP contribution in [0.4, 0.5) is 0 Å². The van der Waals surface area contributed by atoms with E-state index in [1.54, 1.807) is 0 Å². The maximum Gasteiger partial charge on any atom is 0.0544 e. The third-order valence-electron chi connectivity index (χ3n) is 3.35. The topological polar surface area (TPSA) is 43.1 Å². The van der Waals surface area contributed by atoms with E-state index in [0.717, 1.165) is 18.6 Å². The summed E-state index contributed by atoms with van der Waals surface area (Å²) in [6.45, 7) is 4.22. The molecule has 2 nitrogen and oxygen atoms in total. The number of benzene rings is 1. The summed E-state index contributed by atoms with van der Waals surface area (Å²) in [5, 5.41) is 0.132. The van der Waals surface area contributed by atoms with Gasteiger partial charge in [0.25, 0.3) is 0 Å². The molecule has 0 aliphatic heterocycles. The summed E-state index contributed by atoms with van der Waals surface area (Å²) in [6, 6.07) is 8.23. The highest BCUT2D eigenvalue weighted by Gasteiger charge is 2.30. The normalized spacial score (nSPS) is 25.6. The Balaban J connectivity index is 2.17. The number of rotatable bonds is 3. The number of hydrogen-bond donors (Lipinski definition) is 1. The summed E-state index contributed by atoms with van der Waals surface area (Å²) in [6.07, 6.45) is 1.97. The van der Waals surface area contributed by atoms with E-state index in [1.807, 2.05) is 6.07 Å². The number of hydrogen-bond acceptors (Lipinski definition) is 2. The molecule has 1 aliphatic rings. The first kappa shape index (κ1) is 12.8. The summed E-state index contributed by atoms with van der Waals surface area (Å²) in [5.74, 6) is 1.24. The Hall–Kier alpha value is -0.670. The largest absolute Gasteiger partial charge is 0.323 e. The molecular formula is C14H21NOS. The van der Waals surface area contributed by atoms with E-state index in [2.05, 4.69) is 32.0 Å². The van der Waals surface area contributed by atoms with E-state index in [4.69, 9.17) is 5.73 Å². The van der Waals surface area contributed by atoms with Gasteiger partial charge in [-0.1, -0.05) is 38.1 Å². The van der Waals surface area contributed by atoms with Crippen LogP contribution in [0.1, 0.15) is 37.4 Å². The van der Waals surface area contributed by atoms with Gasteiger partial charge in [0.2, 0.25) is 0 Å².